The van der Waals surface area contributed by atoms with Crippen LogP contribution in [0.4, 0.5) is 5.69 Å². The second-order valence-electron chi connectivity index (χ2n) is 9.39. The Morgan fingerprint density at radius 2 is 1.46 bits per heavy atom. The largest absolute Gasteiger partial charge is 0.259 e. The van der Waals surface area contributed by atoms with Crippen molar-refractivity contribution in [1.82, 2.24) is 0 Å². The van der Waals surface area contributed by atoms with Crippen molar-refractivity contribution in [2.24, 2.45) is 17.8 Å². The van der Waals surface area contributed by atoms with E-state index < -0.39 is 0 Å². The lowest BCUT2D eigenvalue weighted by molar-refractivity contribution is -0.614. The maximum Gasteiger partial charge on any atom is 0.240 e. The van der Waals surface area contributed by atoms with Crippen LogP contribution in [-0.2, 0) is 0 Å². The Morgan fingerprint density at radius 3 is 2.00 bits per heavy atom. The van der Waals surface area contributed by atoms with Crippen LogP contribution in [0.3, 0.4) is 0 Å². The molecule has 6 rings (SSSR count). The van der Waals surface area contributed by atoms with Crippen LogP contribution < -0.4 is 4.90 Å². The average molecular weight is 324 g/mol. The molecule has 0 saturated heterocycles. The molecule has 128 valence electrons. The lowest BCUT2D eigenvalue weighted by Gasteiger charge is -2.55. The topological polar surface area (TPSA) is 6.25 Å². The van der Waals surface area contributed by atoms with Crippen LogP contribution >= 0.6 is 0 Å². The molecule has 0 amide bonds. The predicted octanol–water partition coefficient (Wildman–Crippen LogP) is 4.44. The van der Waals surface area contributed by atoms with Crippen LogP contribution in [0.5, 0.6) is 0 Å². The van der Waals surface area contributed by atoms with Gasteiger partial charge in [-0.2, -0.15) is 0 Å². The normalized spacial score (nSPS) is 37.2. The molecule has 4 aliphatic carbocycles. The Bertz CT molecular complexity index is 656. The summed E-state index contributed by atoms with van der Waals surface area (Å²) >= 11 is 0. The minimum atomic E-state index is 0.510. The zero-order valence-electron chi connectivity index (χ0n) is 15.5. The van der Waals surface area contributed by atoms with E-state index in [-0.39, 0.29) is 0 Å². The number of anilines is 1. The Balaban J connectivity index is 1.48. The predicted molar refractivity (Wildman–Crippen MR) is 100 cm³/mol. The van der Waals surface area contributed by atoms with Crippen molar-refractivity contribution in [2.75, 3.05) is 18.0 Å². The van der Waals surface area contributed by atoms with Gasteiger partial charge >= 0.3 is 0 Å². The minimum Gasteiger partial charge on any atom is -0.259 e. The average Bonchev–Trinajstić information content (AvgIpc) is 2.95. The van der Waals surface area contributed by atoms with Crippen molar-refractivity contribution in [3.05, 3.63) is 28.8 Å². The Labute approximate surface area is 146 Å². The first-order chi connectivity index (χ1) is 11.5. The molecule has 5 aliphatic rings. The lowest BCUT2D eigenvalue weighted by Crippen LogP contribution is -2.56. The number of aryl methyl sites for hydroxylation is 3. The number of rotatable bonds is 2. The summed E-state index contributed by atoms with van der Waals surface area (Å²) in [6, 6.07) is 4.67. The fourth-order valence-electron chi connectivity index (χ4n) is 7.07. The molecule has 0 aromatic heterocycles. The molecule has 1 aliphatic heterocycles. The summed E-state index contributed by atoms with van der Waals surface area (Å²) in [6.45, 7) is 9.14. The van der Waals surface area contributed by atoms with E-state index in [9.17, 15) is 0 Å². The fourth-order valence-corrected chi connectivity index (χ4v) is 7.07. The molecule has 2 heteroatoms. The maximum atomic E-state index is 2.77. The van der Waals surface area contributed by atoms with Crippen molar-refractivity contribution in [1.29, 1.82) is 0 Å². The third kappa shape index (κ3) is 2.18. The van der Waals surface area contributed by atoms with E-state index in [1.54, 1.807) is 0 Å². The van der Waals surface area contributed by atoms with E-state index in [1.807, 2.05) is 0 Å². The number of hydrogen-bond donors (Lipinski definition) is 0. The molecule has 0 atom stereocenters. The molecule has 4 fully saturated rings. The summed E-state index contributed by atoms with van der Waals surface area (Å²) in [4.78, 5) is 2.54. The molecule has 24 heavy (non-hydrogen) atoms. The van der Waals surface area contributed by atoms with E-state index in [2.05, 4.69) is 48.7 Å². The molecule has 1 aromatic rings. The van der Waals surface area contributed by atoms with Crippen LogP contribution in [0.1, 0.15) is 55.2 Å². The van der Waals surface area contributed by atoms with Crippen molar-refractivity contribution in [3.63, 3.8) is 0 Å². The maximum absolute atomic E-state index is 2.77. The molecular weight excluding hydrogens is 292 g/mol. The van der Waals surface area contributed by atoms with E-state index in [1.165, 1.54) is 67.4 Å². The van der Waals surface area contributed by atoms with E-state index in [4.69, 9.17) is 0 Å². The van der Waals surface area contributed by atoms with Crippen molar-refractivity contribution in [2.45, 2.75) is 64.8 Å². The summed E-state index contributed by atoms with van der Waals surface area (Å²) in [5, 5.41) is 0. The van der Waals surface area contributed by atoms with Gasteiger partial charge in [0.25, 0.3) is 0 Å². The fraction of sp³-hybridized carbons (Fsp3) is 0.682. The summed E-state index contributed by atoms with van der Waals surface area (Å²) in [5.41, 5.74) is 6.20. The molecule has 0 spiro atoms. The van der Waals surface area contributed by atoms with Crippen LogP contribution in [-0.4, -0.2) is 29.5 Å². The molecule has 1 aromatic carbocycles. The highest BCUT2D eigenvalue weighted by Crippen LogP contribution is 2.57. The zero-order valence-corrected chi connectivity index (χ0v) is 15.5. The smallest absolute Gasteiger partial charge is 0.240 e. The van der Waals surface area contributed by atoms with E-state index in [0.29, 0.717) is 5.54 Å². The summed E-state index contributed by atoms with van der Waals surface area (Å²) in [7, 11) is 0. The molecule has 0 N–H and O–H groups in total. The van der Waals surface area contributed by atoms with Crippen LogP contribution in [0.2, 0.25) is 0 Å². The van der Waals surface area contributed by atoms with Gasteiger partial charge in [0.1, 0.15) is 24.3 Å². The molecule has 0 radical (unpaired) electrons. The first-order valence-electron chi connectivity index (χ1n) is 9.99. The van der Waals surface area contributed by atoms with Crippen LogP contribution in [0.15, 0.2) is 12.1 Å². The van der Waals surface area contributed by atoms with Gasteiger partial charge in [-0.15, -0.1) is 0 Å². The Hall–Kier alpha value is -1.31. The summed E-state index contributed by atoms with van der Waals surface area (Å²) in [5.74, 6) is 3.09. The molecule has 4 bridgehead atoms. The van der Waals surface area contributed by atoms with E-state index in [0.717, 1.165) is 24.3 Å². The van der Waals surface area contributed by atoms with Gasteiger partial charge in [0, 0.05) is 0 Å². The molecule has 0 unspecified atom stereocenters. The SMILES string of the molecule is Cc1cc(C)c(N2C=[N+](C34CC5CC(CC(C5)C3)C4)CC2)c(C)c1. The van der Waals surface area contributed by atoms with Crippen molar-refractivity contribution < 1.29 is 4.58 Å². The first kappa shape index (κ1) is 15.0. The number of nitrogens with zero attached hydrogens (tertiary/aromatic N) is 2. The first-order valence-corrected chi connectivity index (χ1v) is 9.99. The van der Waals surface area contributed by atoms with Gasteiger partial charge < -0.3 is 0 Å². The standard InChI is InChI=1S/C22H31N2/c1-15-6-16(2)21(17(3)7-15)23-4-5-24(14-23)22-11-18-8-19(12-22)10-20(9-18)13-22/h6-7,14,18-20H,4-5,8-13H2,1-3H3/q+1. The molecular formula is C22H31N2+. The Kier molecular flexibility index (Phi) is 3.18. The third-order valence-corrected chi connectivity index (χ3v) is 7.40. The van der Waals surface area contributed by atoms with Gasteiger partial charge in [-0.25, -0.2) is 4.90 Å². The van der Waals surface area contributed by atoms with Gasteiger partial charge in [0.15, 0.2) is 0 Å². The number of hydrogen-bond acceptors (Lipinski definition) is 1. The van der Waals surface area contributed by atoms with Gasteiger partial charge in [-0.1, -0.05) is 17.7 Å². The summed E-state index contributed by atoms with van der Waals surface area (Å²) in [6.07, 6.45) is 11.5. The van der Waals surface area contributed by atoms with Crippen LogP contribution in [0.25, 0.3) is 0 Å². The van der Waals surface area contributed by atoms with Gasteiger partial charge in [0.2, 0.25) is 6.34 Å². The summed E-state index contributed by atoms with van der Waals surface area (Å²) < 4.78 is 2.77. The zero-order chi connectivity index (χ0) is 16.5. The number of benzene rings is 1. The third-order valence-electron chi connectivity index (χ3n) is 7.40. The quantitative estimate of drug-likeness (QED) is 0.729. The second-order valence-corrected chi connectivity index (χ2v) is 9.39. The van der Waals surface area contributed by atoms with Gasteiger partial charge in [-0.05, 0) is 88.2 Å². The Morgan fingerprint density at radius 1 is 0.917 bits per heavy atom. The highest BCUT2D eigenvalue weighted by molar-refractivity contribution is 5.81. The highest BCUT2D eigenvalue weighted by atomic mass is 15.3. The van der Waals surface area contributed by atoms with Crippen LogP contribution in [0, 0.1) is 38.5 Å². The van der Waals surface area contributed by atoms with E-state index >= 15 is 0 Å². The molecule has 4 saturated carbocycles. The second kappa shape index (κ2) is 5.09. The minimum absolute atomic E-state index is 0.510. The van der Waals surface area contributed by atoms with Gasteiger partial charge in [0.05, 0.1) is 0 Å². The highest BCUT2D eigenvalue weighted by Gasteiger charge is 2.55. The van der Waals surface area contributed by atoms with Crippen molar-refractivity contribution >= 4 is 12.0 Å². The lowest BCUT2D eigenvalue weighted by atomic mass is 9.53. The van der Waals surface area contributed by atoms with Crippen molar-refractivity contribution in [3.8, 4) is 0 Å². The van der Waals surface area contributed by atoms with Gasteiger partial charge in [-0.3, -0.25) is 4.58 Å². The molecule has 1 heterocycles. The molecule has 2 nitrogen and oxygen atoms in total. The monoisotopic (exact) mass is 323 g/mol.